The van der Waals surface area contributed by atoms with E-state index in [0.29, 0.717) is 18.0 Å². The molecule has 0 saturated carbocycles. The van der Waals surface area contributed by atoms with Crippen LogP contribution in [0.15, 0.2) is 12.1 Å². The second kappa shape index (κ2) is 5.89. The van der Waals surface area contributed by atoms with Crippen molar-refractivity contribution in [2.24, 2.45) is 0 Å². The van der Waals surface area contributed by atoms with Gasteiger partial charge in [-0.2, -0.15) is 0 Å². The third-order valence-corrected chi connectivity index (χ3v) is 3.03. The van der Waals surface area contributed by atoms with Gasteiger partial charge in [-0.05, 0) is 36.0 Å². The van der Waals surface area contributed by atoms with Crippen molar-refractivity contribution >= 4 is 5.91 Å². The van der Waals surface area contributed by atoms with Crippen LogP contribution in [0.2, 0.25) is 0 Å². The zero-order chi connectivity index (χ0) is 13.9. The Hall–Kier alpha value is -1.51. The molecule has 0 unspecified atom stereocenters. The molecule has 1 aromatic rings. The maximum atomic E-state index is 11.9. The highest BCUT2D eigenvalue weighted by molar-refractivity contribution is 5.97. The first kappa shape index (κ1) is 14.6. The Morgan fingerprint density at radius 1 is 1.22 bits per heavy atom. The van der Waals surface area contributed by atoms with Gasteiger partial charge >= 0.3 is 0 Å². The van der Waals surface area contributed by atoms with Gasteiger partial charge in [0.2, 0.25) is 0 Å². The normalized spacial score (nSPS) is 11.1. The lowest BCUT2D eigenvalue weighted by Crippen LogP contribution is -2.23. The molecule has 3 heteroatoms. The van der Waals surface area contributed by atoms with E-state index in [1.54, 1.807) is 6.07 Å². The van der Waals surface area contributed by atoms with Gasteiger partial charge in [0, 0.05) is 6.54 Å². The first-order valence-corrected chi connectivity index (χ1v) is 6.53. The fraction of sp³-hybridized carbons (Fsp3) is 0.533. The molecule has 0 aliphatic rings. The van der Waals surface area contributed by atoms with Crippen LogP contribution in [0.5, 0.6) is 5.75 Å². The van der Waals surface area contributed by atoms with Crippen LogP contribution in [0.4, 0.5) is 0 Å². The number of benzene rings is 1. The first-order chi connectivity index (χ1) is 8.38. The third-order valence-electron chi connectivity index (χ3n) is 3.03. The number of rotatable bonds is 4. The van der Waals surface area contributed by atoms with Crippen LogP contribution < -0.4 is 5.32 Å². The van der Waals surface area contributed by atoms with Crippen LogP contribution >= 0.6 is 0 Å². The van der Waals surface area contributed by atoms with E-state index in [1.165, 1.54) is 0 Å². The summed E-state index contributed by atoms with van der Waals surface area (Å²) in [6.07, 6.45) is 0. The Bertz CT molecular complexity index is 436. The van der Waals surface area contributed by atoms with Crippen molar-refractivity contribution in [3.05, 3.63) is 28.8 Å². The highest BCUT2D eigenvalue weighted by Crippen LogP contribution is 2.32. The van der Waals surface area contributed by atoms with Crippen molar-refractivity contribution < 1.29 is 9.90 Å². The summed E-state index contributed by atoms with van der Waals surface area (Å²) in [4.78, 5) is 11.9. The molecule has 100 valence electrons. The van der Waals surface area contributed by atoms with Gasteiger partial charge in [0.1, 0.15) is 5.75 Å². The molecule has 1 aromatic carbocycles. The molecule has 3 nitrogen and oxygen atoms in total. The molecule has 0 radical (unpaired) electrons. The topological polar surface area (TPSA) is 49.3 Å². The van der Waals surface area contributed by atoms with E-state index in [1.807, 2.05) is 26.8 Å². The van der Waals surface area contributed by atoms with Gasteiger partial charge in [-0.15, -0.1) is 0 Å². The van der Waals surface area contributed by atoms with Gasteiger partial charge in [0.15, 0.2) is 0 Å². The summed E-state index contributed by atoms with van der Waals surface area (Å²) in [7, 11) is 0. The number of phenols is 1. The van der Waals surface area contributed by atoms with Gasteiger partial charge in [0.25, 0.3) is 5.91 Å². The lowest BCUT2D eigenvalue weighted by molar-refractivity contribution is 0.0953. The van der Waals surface area contributed by atoms with Gasteiger partial charge in [0.05, 0.1) is 5.56 Å². The predicted molar refractivity (Wildman–Crippen MR) is 74.3 cm³/mol. The summed E-state index contributed by atoms with van der Waals surface area (Å²) in [6.45, 7) is 10.6. The van der Waals surface area contributed by atoms with Crippen molar-refractivity contribution in [3.63, 3.8) is 0 Å². The summed E-state index contributed by atoms with van der Waals surface area (Å²) in [5, 5.41) is 12.9. The summed E-state index contributed by atoms with van der Waals surface area (Å²) < 4.78 is 0. The van der Waals surface area contributed by atoms with Crippen LogP contribution in [-0.2, 0) is 0 Å². The highest BCUT2D eigenvalue weighted by atomic mass is 16.3. The molecule has 0 saturated heterocycles. The van der Waals surface area contributed by atoms with Crippen molar-refractivity contribution in [2.45, 2.75) is 46.5 Å². The van der Waals surface area contributed by atoms with E-state index in [0.717, 1.165) is 11.1 Å². The van der Waals surface area contributed by atoms with Crippen LogP contribution in [0.3, 0.4) is 0 Å². The second-order valence-electron chi connectivity index (χ2n) is 5.18. The molecule has 0 aliphatic heterocycles. The molecular weight excluding hydrogens is 226 g/mol. The minimum absolute atomic E-state index is 0.111. The quantitative estimate of drug-likeness (QED) is 0.859. The first-order valence-electron chi connectivity index (χ1n) is 6.53. The van der Waals surface area contributed by atoms with E-state index in [4.69, 9.17) is 0 Å². The molecular formula is C15H23NO2. The largest absolute Gasteiger partial charge is 0.507 e. The number of phenolic OH excluding ortho intramolecular Hbond substituents is 1. The predicted octanol–water partition coefficient (Wildman–Crippen LogP) is 3.39. The third kappa shape index (κ3) is 3.03. The summed E-state index contributed by atoms with van der Waals surface area (Å²) in [5.41, 5.74) is 2.30. The van der Waals surface area contributed by atoms with Gasteiger partial charge < -0.3 is 10.4 Å². The molecule has 0 aromatic heterocycles. The van der Waals surface area contributed by atoms with Crippen molar-refractivity contribution in [1.29, 1.82) is 0 Å². The second-order valence-corrected chi connectivity index (χ2v) is 5.18. The Morgan fingerprint density at radius 3 is 2.28 bits per heavy atom. The Morgan fingerprint density at radius 2 is 1.83 bits per heavy atom. The highest BCUT2D eigenvalue weighted by Gasteiger charge is 2.18. The maximum absolute atomic E-state index is 11.9. The molecule has 0 aliphatic carbocycles. The molecule has 0 heterocycles. The number of aromatic hydroxyl groups is 1. The van der Waals surface area contributed by atoms with Crippen molar-refractivity contribution in [3.8, 4) is 5.75 Å². The molecule has 0 bridgehead atoms. The van der Waals surface area contributed by atoms with Crippen molar-refractivity contribution in [2.75, 3.05) is 6.54 Å². The van der Waals surface area contributed by atoms with E-state index in [-0.39, 0.29) is 17.6 Å². The summed E-state index contributed by atoms with van der Waals surface area (Å²) >= 11 is 0. The fourth-order valence-corrected chi connectivity index (χ4v) is 1.88. The fourth-order valence-electron chi connectivity index (χ4n) is 1.88. The van der Waals surface area contributed by atoms with Gasteiger partial charge in [-0.1, -0.05) is 33.8 Å². The number of hydrogen-bond donors (Lipinski definition) is 2. The minimum atomic E-state index is -0.209. The SMILES string of the molecule is CCNC(=O)c1cc(C(C)C)cc(C(C)C)c1O. The average Bonchev–Trinajstić information content (AvgIpc) is 2.28. The van der Waals surface area contributed by atoms with Crippen LogP contribution in [-0.4, -0.2) is 17.6 Å². The molecule has 1 amide bonds. The van der Waals surface area contributed by atoms with Crippen molar-refractivity contribution in [1.82, 2.24) is 5.32 Å². The Balaban J connectivity index is 3.35. The Kier molecular flexibility index (Phi) is 4.76. The smallest absolute Gasteiger partial charge is 0.255 e. The molecule has 2 N–H and O–H groups in total. The number of carbonyl (C=O) groups is 1. The van der Waals surface area contributed by atoms with Crippen LogP contribution in [0, 0.1) is 0 Å². The maximum Gasteiger partial charge on any atom is 0.255 e. The molecule has 0 atom stereocenters. The summed E-state index contributed by atoms with van der Waals surface area (Å²) in [6, 6.07) is 3.78. The Labute approximate surface area is 109 Å². The average molecular weight is 249 g/mol. The zero-order valence-corrected chi connectivity index (χ0v) is 11.9. The summed E-state index contributed by atoms with van der Waals surface area (Å²) in [5.74, 6) is 0.424. The van der Waals surface area contributed by atoms with Crippen LogP contribution in [0.1, 0.15) is 67.9 Å². The molecule has 18 heavy (non-hydrogen) atoms. The number of amides is 1. The van der Waals surface area contributed by atoms with E-state index >= 15 is 0 Å². The lowest BCUT2D eigenvalue weighted by Gasteiger charge is -2.16. The number of hydrogen-bond acceptors (Lipinski definition) is 2. The van der Waals surface area contributed by atoms with E-state index in [9.17, 15) is 9.90 Å². The van der Waals surface area contributed by atoms with Gasteiger partial charge in [-0.25, -0.2) is 0 Å². The molecule has 0 spiro atoms. The molecule has 1 rings (SSSR count). The monoisotopic (exact) mass is 249 g/mol. The zero-order valence-electron chi connectivity index (χ0n) is 11.9. The standard InChI is InChI=1S/C15H23NO2/c1-6-16-15(18)13-8-11(9(2)3)7-12(10(4)5)14(13)17/h7-10,17H,6H2,1-5H3,(H,16,18). The minimum Gasteiger partial charge on any atom is -0.507 e. The van der Waals surface area contributed by atoms with E-state index < -0.39 is 0 Å². The number of carbonyl (C=O) groups excluding carboxylic acids is 1. The van der Waals surface area contributed by atoms with Crippen LogP contribution in [0.25, 0.3) is 0 Å². The molecule has 0 fully saturated rings. The van der Waals surface area contributed by atoms with Gasteiger partial charge in [-0.3, -0.25) is 4.79 Å². The lowest BCUT2D eigenvalue weighted by atomic mass is 9.91. The van der Waals surface area contributed by atoms with E-state index in [2.05, 4.69) is 19.2 Å². The number of nitrogens with one attached hydrogen (secondary N) is 1.